The smallest absolute Gasteiger partial charge is 0.322 e. The first-order valence-electron chi connectivity index (χ1n) is 7.25. The van der Waals surface area contributed by atoms with Crippen LogP contribution in [0.1, 0.15) is 42.5 Å². The molecule has 1 saturated carbocycles. The number of nitrogens with zero attached hydrogens (tertiary/aromatic N) is 1. The van der Waals surface area contributed by atoms with E-state index in [0.717, 1.165) is 28.7 Å². The number of halogens is 1. The van der Waals surface area contributed by atoms with E-state index in [-0.39, 0.29) is 5.91 Å². The number of nitrogens with one attached hydrogen (secondary N) is 2. The highest BCUT2D eigenvalue weighted by Gasteiger charge is 2.52. The van der Waals surface area contributed by atoms with Gasteiger partial charge in [0.25, 0.3) is 11.8 Å². The zero-order valence-electron chi connectivity index (χ0n) is 11.9. The van der Waals surface area contributed by atoms with E-state index in [4.69, 9.17) is 0 Å². The van der Waals surface area contributed by atoms with Gasteiger partial charge in [-0.2, -0.15) is 5.01 Å². The average Bonchev–Trinajstić information content (AvgIpc) is 2.72. The van der Waals surface area contributed by atoms with Gasteiger partial charge >= 0.3 is 6.03 Å². The van der Waals surface area contributed by atoms with Crippen LogP contribution in [0, 0.1) is 0 Å². The van der Waals surface area contributed by atoms with Gasteiger partial charge in [0.15, 0.2) is 0 Å². The Balaban J connectivity index is 1.76. The van der Waals surface area contributed by atoms with Crippen molar-refractivity contribution in [1.29, 1.82) is 0 Å². The molecule has 1 aliphatic carbocycles. The van der Waals surface area contributed by atoms with Gasteiger partial charge in [0.2, 0.25) is 0 Å². The van der Waals surface area contributed by atoms with E-state index in [1.165, 1.54) is 0 Å². The van der Waals surface area contributed by atoms with Crippen molar-refractivity contribution in [3.63, 3.8) is 0 Å². The number of benzene rings is 1. The predicted octanol–water partition coefficient (Wildman–Crippen LogP) is 2.35. The van der Waals surface area contributed by atoms with Crippen LogP contribution in [0.15, 0.2) is 28.7 Å². The molecular formula is C15H16BrN3O3. The molecule has 0 aromatic heterocycles. The monoisotopic (exact) mass is 365 g/mol. The first kappa shape index (κ1) is 15.0. The lowest BCUT2D eigenvalue weighted by molar-refractivity contribution is -0.134. The molecule has 0 radical (unpaired) electrons. The molecule has 4 amide bonds. The third-order valence-corrected chi connectivity index (χ3v) is 4.66. The van der Waals surface area contributed by atoms with Crippen molar-refractivity contribution in [1.82, 2.24) is 15.8 Å². The minimum Gasteiger partial charge on any atom is -0.322 e. The molecule has 1 saturated heterocycles. The van der Waals surface area contributed by atoms with Crippen molar-refractivity contribution >= 4 is 33.8 Å². The van der Waals surface area contributed by atoms with E-state index >= 15 is 0 Å². The van der Waals surface area contributed by atoms with Crippen LogP contribution in [0.25, 0.3) is 0 Å². The van der Waals surface area contributed by atoms with Crippen LogP contribution in [0.3, 0.4) is 0 Å². The Morgan fingerprint density at radius 1 is 1.23 bits per heavy atom. The van der Waals surface area contributed by atoms with Gasteiger partial charge in [0.1, 0.15) is 5.54 Å². The van der Waals surface area contributed by atoms with Gasteiger partial charge in [0.05, 0.1) is 0 Å². The molecule has 1 aromatic carbocycles. The maximum atomic E-state index is 12.5. The second-order valence-corrected chi connectivity index (χ2v) is 6.58. The number of hydrogen-bond acceptors (Lipinski definition) is 3. The third-order valence-electron chi connectivity index (χ3n) is 4.17. The summed E-state index contributed by atoms with van der Waals surface area (Å²) in [6, 6.07) is 6.20. The molecule has 3 rings (SSSR count). The molecule has 6 nitrogen and oxygen atoms in total. The van der Waals surface area contributed by atoms with Gasteiger partial charge in [-0.15, -0.1) is 0 Å². The van der Waals surface area contributed by atoms with Gasteiger partial charge in [-0.05, 0) is 31.0 Å². The van der Waals surface area contributed by atoms with Gasteiger partial charge in [0, 0.05) is 10.0 Å². The molecule has 2 aliphatic rings. The summed E-state index contributed by atoms with van der Waals surface area (Å²) >= 11 is 3.28. The first-order valence-corrected chi connectivity index (χ1v) is 8.04. The second kappa shape index (κ2) is 5.72. The topological polar surface area (TPSA) is 78.5 Å². The normalized spacial score (nSPS) is 20.1. The maximum absolute atomic E-state index is 12.5. The molecule has 116 valence electrons. The summed E-state index contributed by atoms with van der Waals surface area (Å²) in [5, 5.41) is 3.56. The van der Waals surface area contributed by atoms with E-state index in [1.54, 1.807) is 24.3 Å². The summed E-state index contributed by atoms with van der Waals surface area (Å²) in [7, 11) is 0. The van der Waals surface area contributed by atoms with Crippen LogP contribution in [-0.4, -0.2) is 28.4 Å². The zero-order valence-corrected chi connectivity index (χ0v) is 13.5. The standard InChI is InChI=1S/C15H16BrN3O3/c16-11-6-4-5-10(9-11)12(20)18-19-13(21)15(17-14(19)22)7-2-1-3-8-15/h4-6,9H,1-3,7-8H2,(H,17,22)(H,18,20). The highest BCUT2D eigenvalue weighted by atomic mass is 79.9. The SMILES string of the molecule is O=C(NN1C(=O)NC2(CCCCC2)C1=O)c1cccc(Br)c1. The van der Waals surface area contributed by atoms with Crippen LogP contribution in [0.2, 0.25) is 0 Å². The Morgan fingerprint density at radius 3 is 2.64 bits per heavy atom. The third kappa shape index (κ3) is 2.61. The van der Waals surface area contributed by atoms with Crippen molar-refractivity contribution in [2.24, 2.45) is 0 Å². The molecule has 1 heterocycles. The Kier molecular flexibility index (Phi) is 3.90. The Hall–Kier alpha value is -1.89. The molecule has 1 aliphatic heterocycles. The van der Waals surface area contributed by atoms with E-state index in [1.807, 2.05) is 0 Å². The second-order valence-electron chi connectivity index (χ2n) is 5.66. The molecule has 2 fully saturated rings. The lowest BCUT2D eigenvalue weighted by Crippen LogP contribution is -2.50. The quantitative estimate of drug-likeness (QED) is 0.789. The lowest BCUT2D eigenvalue weighted by atomic mass is 9.82. The van der Waals surface area contributed by atoms with Crippen molar-refractivity contribution in [3.05, 3.63) is 34.3 Å². The molecule has 0 bridgehead atoms. The highest BCUT2D eigenvalue weighted by Crippen LogP contribution is 2.33. The molecule has 22 heavy (non-hydrogen) atoms. The number of carbonyl (C=O) groups excluding carboxylic acids is 3. The summed E-state index contributed by atoms with van der Waals surface area (Å²) in [4.78, 5) is 36.8. The minimum absolute atomic E-state index is 0.361. The van der Waals surface area contributed by atoms with Gasteiger partial charge in [-0.1, -0.05) is 41.3 Å². The predicted molar refractivity (Wildman–Crippen MR) is 82.8 cm³/mol. The fourth-order valence-corrected chi connectivity index (χ4v) is 3.41. The van der Waals surface area contributed by atoms with Crippen LogP contribution < -0.4 is 10.7 Å². The van der Waals surface area contributed by atoms with Gasteiger partial charge in [-0.25, -0.2) is 4.79 Å². The lowest BCUT2D eigenvalue weighted by Gasteiger charge is -2.30. The fourth-order valence-electron chi connectivity index (χ4n) is 3.01. The van der Waals surface area contributed by atoms with E-state index < -0.39 is 17.5 Å². The van der Waals surface area contributed by atoms with Crippen molar-refractivity contribution < 1.29 is 14.4 Å². The van der Waals surface area contributed by atoms with E-state index in [2.05, 4.69) is 26.7 Å². The minimum atomic E-state index is -0.833. The molecule has 0 atom stereocenters. The molecular weight excluding hydrogens is 350 g/mol. The number of urea groups is 1. The summed E-state index contributed by atoms with van der Waals surface area (Å²) in [6.45, 7) is 0. The summed E-state index contributed by atoms with van der Waals surface area (Å²) in [5.74, 6) is -0.849. The first-order chi connectivity index (χ1) is 10.5. The Labute approximate surface area is 136 Å². The van der Waals surface area contributed by atoms with Crippen molar-refractivity contribution in [2.45, 2.75) is 37.6 Å². The summed E-state index contributed by atoms with van der Waals surface area (Å²) < 4.78 is 0.751. The van der Waals surface area contributed by atoms with E-state index in [0.29, 0.717) is 18.4 Å². The van der Waals surface area contributed by atoms with E-state index in [9.17, 15) is 14.4 Å². The number of hydrogen-bond donors (Lipinski definition) is 2. The Bertz CT molecular complexity index is 641. The average molecular weight is 366 g/mol. The largest absolute Gasteiger partial charge is 0.344 e. The van der Waals surface area contributed by atoms with Crippen LogP contribution >= 0.6 is 15.9 Å². The van der Waals surface area contributed by atoms with Crippen molar-refractivity contribution in [3.8, 4) is 0 Å². The fraction of sp³-hybridized carbons (Fsp3) is 0.400. The summed E-state index contributed by atoms with van der Waals surface area (Å²) in [6.07, 6.45) is 4.12. The van der Waals surface area contributed by atoms with Crippen LogP contribution in [0.4, 0.5) is 4.79 Å². The molecule has 7 heteroatoms. The number of rotatable bonds is 2. The molecule has 1 spiro atoms. The Morgan fingerprint density at radius 2 is 1.95 bits per heavy atom. The number of amides is 4. The molecule has 2 N–H and O–H groups in total. The van der Waals surface area contributed by atoms with Crippen LogP contribution in [0.5, 0.6) is 0 Å². The highest BCUT2D eigenvalue weighted by molar-refractivity contribution is 9.10. The number of hydrazine groups is 1. The zero-order chi connectivity index (χ0) is 15.7. The number of imide groups is 1. The van der Waals surface area contributed by atoms with Gasteiger partial charge in [-0.3, -0.25) is 15.0 Å². The number of carbonyl (C=O) groups is 3. The maximum Gasteiger partial charge on any atom is 0.344 e. The summed E-state index contributed by atoms with van der Waals surface area (Å²) in [5.41, 5.74) is 1.95. The van der Waals surface area contributed by atoms with Crippen molar-refractivity contribution in [2.75, 3.05) is 0 Å². The van der Waals surface area contributed by atoms with Crippen LogP contribution in [-0.2, 0) is 4.79 Å². The molecule has 1 aromatic rings. The molecule has 0 unspecified atom stereocenters. The van der Waals surface area contributed by atoms with Gasteiger partial charge < -0.3 is 5.32 Å².